The van der Waals surface area contributed by atoms with E-state index in [1.807, 2.05) is 0 Å². The largest absolute Gasteiger partial charge is 0.449 e. The second-order valence-electron chi connectivity index (χ2n) is 3.53. The minimum absolute atomic E-state index is 0.245. The molecule has 7 nitrogen and oxygen atoms in total. The van der Waals surface area contributed by atoms with Gasteiger partial charge < -0.3 is 4.74 Å². The molecule has 0 aliphatic carbocycles. The monoisotopic (exact) mass is 283 g/mol. The Morgan fingerprint density at radius 3 is 2.58 bits per heavy atom. The van der Waals surface area contributed by atoms with Crippen LogP contribution in [-0.4, -0.2) is 32.2 Å². The number of hydrogen-bond donors (Lipinski definition) is 0. The fourth-order valence-electron chi connectivity index (χ4n) is 1.21. The standard InChI is InChI=1S/C11H9NO6S/c1-3-4-18-11(13)8-5-9(12(14)15)7-10(6-8)19(2,16)17/h1,5-7H,4H2,2H3. The number of nitrogens with zero attached hydrogens (tertiary/aromatic N) is 1. The number of benzene rings is 1. The van der Waals surface area contributed by atoms with Gasteiger partial charge >= 0.3 is 5.97 Å². The van der Waals surface area contributed by atoms with Gasteiger partial charge in [-0.3, -0.25) is 10.1 Å². The van der Waals surface area contributed by atoms with Gasteiger partial charge in [0.1, 0.15) is 0 Å². The summed E-state index contributed by atoms with van der Waals surface area (Å²) in [5.74, 6) is 1.13. The minimum Gasteiger partial charge on any atom is -0.449 e. The summed E-state index contributed by atoms with van der Waals surface area (Å²) in [6.07, 6.45) is 5.78. The quantitative estimate of drug-likeness (QED) is 0.350. The van der Waals surface area contributed by atoms with E-state index in [2.05, 4.69) is 10.7 Å². The number of non-ortho nitro benzene ring substituents is 1. The van der Waals surface area contributed by atoms with Crippen LogP contribution in [0.4, 0.5) is 5.69 Å². The number of terminal acetylenes is 1. The lowest BCUT2D eigenvalue weighted by atomic mass is 10.2. The number of sulfone groups is 1. The van der Waals surface area contributed by atoms with Crippen LogP contribution in [0.5, 0.6) is 0 Å². The first kappa shape index (κ1) is 14.7. The Morgan fingerprint density at radius 1 is 1.47 bits per heavy atom. The van der Waals surface area contributed by atoms with Crippen LogP contribution in [0, 0.1) is 22.5 Å². The highest BCUT2D eigenvalue weighted by molar-refractivity contribution is 7.90. The average molecular weight is 283 g/mol. The molecule has 0 radical (unpaired) electrons. The van der Waals surface area contributed by atoms with E-state index in [4.69, 9.17) is 6.42 Å². The lowest BCUT2D eigenvalue weighted by Crippen LogP contribution is -2.08. The van der Waals surface area contributed by atoms with Crippen molar-refractivity contribution >= 4 is 21.5 Å². The third-order valence-corrected chi connectivity index (χ3v) is 3.14. The molecule has 8 heteroatoms. The Hall–Kier alpha value is -2.40. The lowest BCUT2D eigenvalue weighted by molar-refractivity contribution is -0.385. The number of rotatable bonds is 4. The molecule has 0 fully saturated rings. The van der Waals surface area contributed by atoms with Crippen molar-refractivity contribution in [3.63, 3.8) is 0 Å². The zero-order valence-electron chi connectivity index (χ0n) is 9.82. The predicted octanol–water partition coefficient (Wildman–Crippen LogP) is 0.788. The van der Waals surface area contributed by atoms with Crippen molar-refractivity contribution in [2.75, 3.05) is 12.9 Å². The predicted molar refractivity (Wildman–Crippen MR) is 65.3 cm³/mol. The van der Waals surface area contributed by atoms with Crippen molar-refractivity contribution in [3.8, 4) is 12.3 Å². The maximum Gasteiger partial charge on any atom is 0.339 e. The number of carbonyl (C=O) groups excluding carboxylic acids is 1. The highest BCUT2D eigenvalue weighted by Crippen LogP contribution is 2.21. The van der Waals surface area contributed by atoms with E-state index in [1.165, 1.54) is 0 Å². The van der Waals surface area contributed by atoms with Gasteiger partial charge in [0.2, 0.25) is 0 Å². The van der Waals surface area contributed by atoms with Gasteiger partial charge in [0.25, 0.3) is 5.69 Å². The van der Waals surface area contributed by atoms with Gasteiger partial charge in [-0.1, -0.05) is 5.92 Å². The Kier molecular flexibility index (Phi) is 4.24. The third kappa shape index (κ3) is 3.79. The summed E-state index contributed by atoms with van der Waals surface area (Å²) >= 11 is 0. The van der Waals surface area contributed by atoms with Crippen molar-refractivity contribution in [3.05, 3.63) is 33.9 Å². The molecule has 0 aliphatic heterocycles. The van der Waals surface area contributed by atoms with Crippen molar-refractivity contribution < 1.29 is 22.9 Å². The second-order valence-corrected chi connectivity index (χ2v) is 5.54. The first-order chi connectivity index (χ1) is 8.75. The van der Waals surface area contributed by atoms with Crippen LogP contribution in [0.15, 0.2) is 23.1 Å². The molecule has 0 aromatic heterocycles. The van der Waals surface area contributed by atoms with Crippen LogP contribution < -0.4 is 0 Å². The van der Waals surface area contributed by atoms with Crippen LogP contribution in [0.1, 0.15) is 10.4 Å². The van der Waals surface area contributed by atoms with Crippen LogP contribution in [0.25, 0.3) is 0 Å². The van der Waals surface area contributed by atoms with E-state index in [1.54, 1.807) is 0 Å². The summed E-state index contributed by atoms with van der Waals surface area (Å²) in [5.41, 5.74) is -0.763. The minimum atomic E-state index is -3.69. The SMILES string of the molecule is C#CCOC(=O)c1cc([N+](=O)[O-])cc(S(C)(=O)=O)c1. The van der Waals surface area contributed by atoms with Gasteiger partial charge in [-0.15, -0.1) is 6.42 Å². The zero-order valence-corrected chi connectivity index (χ0v) is 10.6. The summed E-state index contributed by atoms with van der Waals surface area (Å²) in [7, 11) is -3.69. The smallest absolute Gasteiger partial charge is 0.339 e. The molecule has 1 aromatic carbocycles. The number of nitro benzene ring substituents is 1. The second kappa shape index (κ2) is 5.49. The number of esters is 1. The molecule has 0 spiro atoms. The van der Waals surface area contributed by atoms with E-state index in [-0.39, 0.29) is 17.1 Å². The van der Waals surface area contributed by atoms with Gasteiger partial charge in [-0.2, -0.15) is 0 Å². The number of hydrogen-bond acceptors (Lipinski definition) is 6. The van der Waals surface area contributed by atoms with Crippen LogP contribution >= 0.6 is 0 Å². The van der Waals surface area contributed by atoms with Crippen LogP contribution in [0.2, 0.25) is 0 Å². The fraction of sp³-hybridized carbons (Fsp3) is 0.182. The summed E-state index contributed by atoms with van der Waals surface area (Å²) in [6, 6.07) is 2.79. The maximum atomic E-state index is 11.5. The third-order valence-electron chi connectivity index (χ3n) is 2.05. The summed E-state index contributed by atoms with van der Waals surface area (Å²) in [6.45, 7) is -0.310. The molecule has 1 rings (SSSR count). The zero-order chi connectivity index (χ0) is 14.6. The average Bonchev–Trinajstić information content (AvgIpc) is 2.34. The van der Waals surface area contributed by atoms with Crippen LogP contribution in [-0.2, 0) is 14.6 Å². The van der Waals surface area contributed by atoms with E-state index in [9.17, 15) is 23.3 Å². The van der Waals surface area contributed by atoms with E-state index in [0.717, 1.165) is 24.5 Å². The summed E-state index contributed by atoms with van der Waals surface area (Å²) in [4.78, 5) is 21.1. The molecule has 0 amide bonds. The fourth-order valence-corrected chi connectivity index (χ4v) is 1.89. The van der Waals surface area contributed by atoms with Crippen molar-refractivity contribution in [2.45, 2.75) is 4.90 Å². The molecule has 0 saturated heterocycles. The van der Waals surface area contributed by atoms with E-state index >= 15 is 0 Å². The normalized spacial score (nSPS) is 10.5. The highest BCUT2D eigenvalue weighted by atomic mass is 32.2. The Balaban J connectivity index is 3.33. The Bertz CT molecular complexity index is 671. The van der Waals surface area contributed by atoms with Crippen LogP contribution in [0.3, 0.4) is 0 Å². The lowest BCUT2D eigenvalue weighted by Gasteiger charge is -2.04. The first-order valence-corrected chi connectivity index (χ1v) is 6.75. The molecule has 0 heterocycles. The topological polar surface area (TPSA) is 104 Å². The van der Waals surface area contributed by atoms with Crippen molar-refractivity contribution in [1.82, 2.24) is 0 Å². The van der Waals surface area contributed by atoms with E-state index in [0.29, 0.717) is 0 Å². The first-order valence-electron chi connectivity index (χ1n) is 4.86. The Morgan fingerprint density at radius 2 is 2.11 bits per heavy atom. The molecule has 1 aromatic rings. The van der Waals surface area contributed by atoms with Crippen molar-refractivity contribution in [1.29, 1.82) is 0 Å². The molecular formula is C11H9NO6S. The highest BCUT2D eigenvalue weighted by Gasteiger charge is 2.19. The van der Waals surface area contributed by atoms with Gasteiger partial charge in [0.15, 0.2) is 16.4 Å². The molecule has 0 bridgehead atoms. The number of nitro groups is 1. The Labute approximate surface area is 109 Å². The summed E-state index contributed by atoms with van der Waals surface area (Å²) < 4.78 is 27.4. The van der Waals surface area contributed by atoms with Gasteiger partial charge in [0, 0.05) is 18.4 Å². The molecule has 0 atom stereocenters. The van der Waals surface area contributed by atoms with Gasteiger partial charge in [0.05, 0.1) is 15.4 Å². The molecule has 19 heavy (non-hydrogen) atoms. The molecule has 0 saturated carbocycles. The van der Waals surface area contributed by atoms with Gasteiger partial charge in [-0.25, -0.2) is 13.2 Å². The van der Waals surface area contributed by atoms with Gasteiger partial charge in [-0.05, 0) is 6.07 Å². The summed E-state index contributed by atoms with van der Waals surface area (Å²) in [5, 5.41) is 10.7. The molecule has 0 N–H and O–H groups in total. The van der Waals surface area contributed by atoms with Crippen molar-refractivity contribution in [2.24, 2.45) is 0 Å². The molecule has 0 unspecified atom stereocenters. The molecule has 0 aliphatic rings. The molecule has 100 valence electrons. The number of ether oxygens (including phenoxy) is 1. The van der Waals surface area contributed by atoms with E-state index < -0.39 is 26.4 Å². The molecular weight excluding hydrogens is 274 g/mol. The maximum absolute atomic E-state index is 11.5. The number of carbonyl (C=O) groups is 1.